The van der Waals surface area contributed by atoms with Gasteiger partial charge >= 0.3 is 5.97 Å². The van der Waals surface area contributed by atoms with Crippen molar-refractivity contribution in [3.05, 3.63) is 40.5 Å². The van der Waals surface area contributed by atoms with Gasteiger partial charge in [0, 0.05) is 22.8 Å². The van der Waals surface area contributed by atoms with Crippen LogP contribution < -0.4 is 5.32 Å². The predicted molar refractivity (Wildman–Crippen MR) is 109 cm³/mol. The third-order valence-corrected chi connectivity index (χ3v) is 6.34. The summed E-state index contributed by atoms with van der Waals surface area (Å²) in [4.78, 5) is 29.9. The summed E-state index contributed by atoms with van der Waals surface area (Å²) in [5.41, 5.74) is 2.27. The number of rotatable bonds is 7. The number of aryl methyl sites for hydroxylation is 1. The van der Waals surface area contributed by atoms with Gasteiger partial charge in [0.15, 0.2) is 0 Å². The quantitative estimate of drug-likeness (QED) is 0.448. The molecule has 1 aliphatic carbocycles. The highest BCUT2D eigenvalue weighted by molar-refractivity contribution is 7.99. The number of thioether (sulfide) groups is 1. The van der Waals surface area contributed by atoms with E-state index >= 15 is 0 Å². The van der Waals surface area contributed by atoms with Crippen molar-refractivity contribution in [1.82, 2.24) is 15.2 Å². The molecule has 0 spiro atoms. The van der Waals surface area contributed by atoms with Crippen LogP contribution in [0.2, 0.25) is 0 Å². The van der Waals surface area contributed by atoms with Gasteiger partial charge in [-0.2, -0.15) is 0 Å². The zero-order chi connectivity index (χ0) is 20.2. The number of aromatic nitrogens is 3. The first kappa shape index (κ1) is 19.6. The molecule has 3 aromatic rings. The van der Waals surface area contributed by atoms with E-state index in [2.05, 4.69) is 20.5 Å². The molecule has 0 saturated heterocycles. The third-order valence-electron chi connectivity index (χ3n) is 4.31. The summed E-state index contributed by atoms with van der Waals surface area (Å²) in [5.74, 6) is -0.171. The zero-order valence-electron chi connectivity index (χ0n) is 15.6. The average molecular weight is 431 g/mol. The van der Waals surface area contributed by atoms with Gasteiger partial charge in [0.25, 0.3) is 5.22 Å². The summed E-state index contributed by atoms with van der Waals surface area (Å²) < 4.78 is 10.8. The lowest BCUT2D eigenvalue weighted by molar-refractivity contribution is -0.113. The molecule has 0 aromatic carbocycles. The van der Waals surface area contributed by atoms with E-state index in [4.69, 9.17) is 9.15 Å². The average Bonchev–Trinajstić information content (AvgIpc) is 3.43. The van der Waals surface area contributed by atoms with Crippen LogP contribution >= 0.6 is 23.1 Å². The van der Waals surface area contributed by atoms with E-state index in [1.807, 2.05) is 0 Å². The highest BCUT2D eigenvalue weighted by atomic mass is 32.2. The molecule has 0 bridgehead atoms. The largest absolute Gasteiger partial charge is 0.462 e. The Morgan fingerprint density at radius 1 is 1.28 bits per heavy atom. The van der Waals surface area contributed by atoms with E-state index < -0.39 is 0 Å². The van der Waals surface area contributed by atoms with Gasteiger partial charge in [0.1, 0.15) is 5.00 Å². The number of ether oxygens (including phenoxy) is 1. The molecule has 0 radical (unpaired) electrons. The first-order valence-electron chi connectivity index (χ1n) is 9.14. The molecular weight excluding hydrogens is 412 g/mol. The number of anilines is 1. The molecule has 150 valence electrons. The molecule has 1 amide bonds. The first-order chi connectivity index (χ1) is 14.2. The third kappa shape index (κ3) is 4.33. The van der Waals surface area contributed by atoms with Crippen LogP contribution in [-0.4, -0.2) is 39.4 Å². The number of carbonyl (C=O) groups is 2. The fraction of sp³-hybridized carbons (Fsp3) is 0.316. The number of amides is 1. The Kier molecular flexibility index (Phi) is 5.91. The maximum atomic E-state index is 12.4. The van der Waals surface area contributed by atoms with Crippen LogP contribution in [0.15, 0.2) is 34.2 Å². The van der Waals surface area contributed by atoms with Crippen molar-refractivity contribution in [2.75, 3.05) is 17.7 Å². The molecule has 1 aliphatic rings. The number of pyridine rings is 1. The summed E-state index contributed by atoms with van der Waals surface area (Å²) in [6.45, 7) is 2.06. The van der Waals surface area contributed by atoms with Crippen molar-refractivity contribution in [1.29, 1.82) is 0 Å². The number of hydrogen-bond acceptors (Lipinski definition) is 9. The number of thiophene rings is 1. The Morgan fingerprint density at radius 3 is 2.90 bits per heavy atom. The smallest absolute Gasteiger partial charge is 0.341 e. The molecule has 0 fully saturated rings. The van der Waals surface area contributed by atoms with Crippen LogP contribution in [0.25, 0.3) is 11.5 Å². The Bertz CT molecular complexity index is 1030. The van der Waals surface area contributed by atoms with Crippen LogP contribution in [0.1, 0.15) is 34.1 Å². The van der Waals surface area contributed by atoms with Crippen molar-refractivity contribution in [3.8, 4) is 11.5 Å². The van der Waals surface area contributed by atoms with Crippen LogP contribution in [0.3, 0.4) is 0 Å². The standard InChI is InChI=1S/C19H18N4O4S2/c1-2-26-18(25)15-12-4-3-5-13(12)29-17(15)21-14(24)10-28-19-23-22-16(27-19)11-6-8-20-9-7-11/h6-9H,2-5,10H2,1H3,(H,21,24). The normalized spacial score (nSPS) is 12.6. The number of fused-ring (bicyclic) bond motifs is 1. The predicted octanol–water partition coefficient (Wildman–Crippen LogP) is 3.59. The molecule has 0 atom stereocenters. The van der Waals surface area contributed by atoms with E-state index in [9.17, 15) is 9.59 Å². The molecule has 3 aromatic heterocycles. The highest BCUT2D eigenvalue weighted by Crippen LogP contribution is 2.39. The molecule has 4 rings (SSSR count). The van der Waals surface area contributed by atoms with E-state index in [1.54, 1.807) is 31.5 Å². The molecule has 0 saturated carbocycles. The maximum Gasteiger partial charge on any atom is 0.341 e. The molecule has 8 nitrogen and oxygen atoms in total. The Morgan fingerprint density at radius 2 is 2.10 bits per heavy atom. The second-order valence-electron chi connectivity index (χ2n) is 6.23. The number of esters is 1. The highest BCUT2D eigenvalue weighted by Gasteiger charge is 2.28. The summed E-state index contributed by atoms with van der Waals surface area (Å²) in [6.07, 6.45) is 6.06. The van der Waals surface area contributed by atoms with E-state index in [-0.39, 0.29) is 17.6 Å². The van der Waals surface area contributed by atoms with Gasteiger partial charge in [-0.15, -0.1) is 21.5 Å². The lowest BCUT2D eigenvalue weighted by atomic mass is 10.1. The number of carbonyl (C=O) groups excluding carboxylic acids is 2. The maximum absolute atomic E-state index is 12.4. The second kappa shape index (κ2) is 8.75. The number of nitrogens with one attached hydrogen (secondary N) is 1. The molecular formula is C19H18N4O4S2. The van der Waals surface area contributed by atoms with Crippen LogP contribution in [0.5, 0.6) is 0 Å². The van der Waals surface area contributed by atoms with Gasteiger partial charge in [0.05, 0.1) is 17.9 Å². The summed E-state index contributed by atoms with van der Waals surface area (Å²) in [7, 11) is 0. The summed E-state index contributed by atoms with van der Waals surface area (Å²) >= 11 is 2.59. The van der Waals surface area contributed by atoms with Crippen molar-refractivity contribution in [3.63, 3.8) is 0 Å². The van der Waals surface area contributed by atoms with Gasteiger partial charge < -0.3 is 14.5 Å². The lowest BCUT2D eigenvalue weighted by Crippen LogP contribution is -2.16. The lowest BCUT2D eigenvalue weighted by Gasteiger charge is -2.07. The van der Waals surface area contributed by atoms with E-state index in [0.29, 0.717) is 28.3 Å². The van der Waals surface area contributed by atoms with Crippen LogP contribution in [0, 0.1) is 0 Å². The van der Waals surface area contributed by atoms with Gasteiger partial charge in [0.2, 0.25) is 11.8 Å². The SMILES string of the molecule is CCOC(=O)c1c(NC(=O)CSc2nnc(-c3ccncc3)o2)sc2c1CCC2. The Balaban J connectivity index is 1.41. The van der Waals surface area contributed by atoms with E-state index in [1.165, 1.54) is 11.3 Å². The molecule has 0 aliphatic heterocycles. The van der Waals surface area contributed by atoms with Crippen LogP contribution in [0.4, 0.5) is 5.00 Å². The Hall–Kier alpha value is -2.72. The zero-order valence-corrected chi connectivity index (χ0v) is 17.3. The molecule has 0 unspecified atom stereocenters. The minimum absolute atomic E-state index is 0.0861. The monoisotopic (exact) mass is 430 g/mol. The fourth-order valence-electron chi connectivity index (χ4n) is 3.08. The number of hydrogen-bond donors (Lipinski definition) is 1. The minimum Gasteiger partial charge on any atom is -0.462 e. The van der Waals surface area contributed by atoms with Gasteiger partial charge in [-0.05, 0) is 43.9 Å². The summed E-state index contributed by atoms with van der Waals surface area (Å²) in [6, 6.07) is 3.53. The van der Waals surface area contributed by atoms with Gasteiger partial charge in [-0.1, -0.05) is 11.8 Å². The molecule has 29 heavy (non-hydrogen) atoms. The summed E-state index contributed by atoms with van der Waals surface area (Å²) in [5, 5.41) is 11.6. The topological polar surface area (TPSA) is 107 Å². The van der Waals surface area contributed by atoms with Crippen LogP contribution in [-0.2, 0) is 22.4 Å². The molecule has 3 heterocycles. The van der Waals surface area contributed by atoms with Gasteiger partial charge in [-0.25, -0.2) is 4.79 Å². The van der Waals surface area contributed by atoms with Crippen molar-refractivity contribution < 1.29 is 18.7 Å². The minimum atomic E-state index is -0.381. The fourth-order valence-corrected chi connectivity index (χ4v) is 4.94. The van der Waals surface area contributed by atoms with Crippen molar-refractivity contribution in [2.24, 2.45) is 0 Å². The first-order valence-corrected chi connectivity index (χ1v) is 10.9. The van der Waals surface area contributed by atoms with E-state index in [0.717, 1.165) is 47.0 Å². The number of nitrogens with zero attached hydrogens (tertiary/aromatic N) is 3. The van der Waals surface area contributed by atoms with Crippen molar-refractivity contribution >= 4 is 40.0 Å². The molecule has 10 heteroatoms. The second-order valence-corrected chi connectivity index (χ2v) is 8.26. The van der Waals surface area contributed by atoms with Crippen molar-refractivity contribution in [2.45, 2.75) is 31.4 Å². The van der Waals surface area contributed by atoms with Gasteiger partial charge in [-0.3, -0.25) is 9.78 Å². The Labute approximate surface area is 175 Å². The molecule has 1 N–H and O–H groups in total.